The zero-order valence-corrected chi connectivity index (χ0v) is 15.8. The first-order chi connectivity index (χ1) is 13.7. The second-order valence-electron chi connectivity index (χ2n) is 5.72. The van der Waals surface area contributed by atoms with E-state index in [0.29, 0.717) is 30.5 Å². The summed E-state index contributed by atoms with van der Waals surface area (Å²) < 4.78 is 11.1. The molecule has 28 heavy (non-hydrogen) atoms. The number of para-hydroxylation sites is 4. The largest absolute Gasteiger partial charge is 0.492 e. The highest BCUT2D eigenvalue weighted by molar-refractivity contribution is 6.03. The van der Waals surface area contributed by atoms with Crippen LogP contribution in [0.25, 0.3) is 0 Å². The minimum atomic E-state index is -0.360. The van der Waals surface area contributed by atoms with Crippen molar-refractivity contribution in [3.05, 3.63) is 66.6 Å². The predicted octanol–water partition coefficient (Wildman–Crippen LogP) is 4.27. The van der Waals surface area contributed by atoms with E-state index in [1.165, 1.54) is 12.4 Å². The minimum Gasteiger partial charge on any atom is -0.492 e. The van der Waals surface area contributed by atoms with Gasteiger partial charge in [-0.25, -0.2) is 9.97 Å². The number of benzene rings is 2. The molecule has 0 radical (unpaired) electrons. The second kappa shape index (κ2) is 9.36. The fourth-order valence-electron chi connectivity index (χ4n) is 2.54. The summed E-state index contributed by atoms with van der Waals surface area (Å²) in [5.74, 6) is 1.48. The zero-order valence-electron chi connectivity index (χ0n) is 15.8. The third-order valence-corrected chi connectivity index (χ3v) is 3.77. The molecule has 1 heterocycles. The highest BCUT2D eigenvalue weighted by Gasteiger charge is 2.12. The number of aromatic nitrogens is 2. The van der Waals surface area contributed by atoms with Crippen LogP contribution in [0.3, 0.4) is 0 Å². The van der Waals surface area contributed by atoms with Crippen molar-refractivity contribution in [2.45, 2.75) is 13.8 Å². The third-order valence-electron chi connectivity index (χ3n) is 3.77. The average Bonchev–Trinajstić information content (AvgIpc) is 2.72. The number of rotatable bonds is 8. The summed E-state index contributed by atoms with van der Waals surface area (Å²) in [6, 6.07) is 14.8. The number of anilines is 3. The van der Waals surface area contributed by atoms with Gasteiger partial charge < -0.3 is 20.1 Å². The van der Waals surface area contributed by atoms with E-state index in [1.54, 1.807) is 12.1 Å². The normalized spacial score (nSPS) is 10.2. The standard InChI is InChI=1S/C21H22N4O3/c1-3-27-18-11-7-5-9-15(18)24-20-14-22-17(13-23-20)21(26)25-16-10-6-8-12-19(16)28-4-2/h5-14H,3-4H2,1-2H3,(H,23,24)(H,25,26). The molecule has 0 fully saturated rings. The topological polar surface area (TPSA) is 85.4 Å². The Morgan fingerprint density at radius 3 is 2.07 bits per heavy atom. The Morgan fingerprint density at radius 1 is 0.857 bits per heavy atom. The molecule has 3 rings (SSSR count). The van der Waals surface area contributed by atoms with Crippen molar-refractivity contribution in [2.24, 2.45) is 0 Å². The van der Waals surface area contributed by atoms with Gasteiger partial charge in [-0.3, -0.25) is 4.79 Å². The lowest BCUT2D eigenvalue weighted by Crippen LogP contribution is -2.15. The maximum Gasteiger partial charge on any atom is 0.275 e. The van der Waals surface area contributed by atoms with Gasteiger partial charge in [0.2, 0.25) is 0 Å². The van der Waals surface area contributed by atoms with E-state index in [4.69, 9.17) is 9.47 Å². The Bertz CT molecular complexity index is 929. The van der Waals surface area contributed by atoms with Crippen LogP contribution >= 0.6 is 0 Å². The smallest absolute Gasteiger partial charge is 0.275 e. The van der Waals surface area contributed by atoms with Crippen molar-refractivity contribution in [3.63, 3.8) is 0 Å². The lowest BCUT2D eigenvalue weighted by atomic mass is 10.2. The van der Waals surface area contributed by atoms with Crippen molar-refractivity contribution >= 4 is 23.1 Å². The molecule has 0 aliphatic carbocycles. The molecule has 0 atom stereocenters. The van der Waals surface area contributed by atoms with Crippen LogP contribution in [-0.2, 0) is 0 Å². The Labute approximate surface area is 163 Å². The summed E-state index contributed by atoms with van der Waals surface area (Å²) in [6.07, 6.45) is 2.93. The molecule has 0 spiro atoms. The Hall–Kier alpha value is -3.61. The Balaban J connectivity index is 1.70. The van der Waals surface area contributed by atoms with Gasteiger partial charge in [-0.05, 0) is 38.1 Å². The van der Waals surface area contributed by atoms with Crippen LogP contribution in [0.15, 0.2) is 60.9 Å². The molecular formula is C21H22N4O3. The maximum atomic E-state index is 12.5. The highest BCUT2D eigenvalue weighted by atomic mass is 16.5. The summed E-state index contributed by atoms with van der Waals surface area (Å²) in [5, 5.41) is 5.95. The second-order valence-corrected chi connectivity index (χ2v) is 5.72. The van der Waals surface area contributed by atoms with Crippen LogP contribution in [0.1, 0.15) is 24.3 Å². The fraction of sp³-hybridized carbons (Fsp3) is 0.190. The van der Waals surface area contributed by atoms with Gasteiger partial charge in [0, 0.05) is 0 Å². The van der Waals surface area contributed by atoms with Gasteiger partial charge in [0.05, 0.1) is 37.0 Å². The average molecular weight is 378 g/mol. The molecule has 0 aliphatic heterocycles. The van der Waals surface area contributed by atoms with Crippen molar-refractivity contribution < 1.29 is 14.3 Å². The first kappa shape index (κ1) is 19.2. The zero-order chi connectivity index (χ0) is 19.8. The molecule has 0 aliphatic rings. The molecule has 3 aromatic rings. The van der Waals surface area contributed by atoms with Crippen LogP contribution in [0.5, 0.6) is 11.5 Å². The Kier molecular flexibility index (Phi) is 6.41. The summed E-state index contributed by atoms with van der Waals surface area (Å²) in [6.45, 7) is 4.89. The molecule has 0 saturated carbocycles. The number of ether oxygens (including phenoxy) is 2. The molecule has 0 saturated heterocycles. The monoisotopic (exact) mass is 378 g/mol. The van der Waals surface area contributed by atoms with Crippen molar-refractivity contribution in [1.82, 2.24) is 9.97 Å². The number of hydrogen-bond acceptors (Lipinski definition) is 6. The molecule has 0 bridgehead atoms. The molecule has 0 unspecified atom stereocenters. The van der Waals surface area contributed by atoms with Gasteiger partial charge in [0.15, 0.2) is 0 Å². The highest BCUT2D eigenvalue weighted by Crippen LogP contribution is 2.27. The third kappa shape index (κ3) is 4.76. The number of nitrogens with one attached hydrogen (secondary N) is 2. The van der Waals surface area contributed by atoms with Crippen molar-refractivity contribution in [1.29, 1.82) is 0 Å². The van der Waals surface area contributed by atoms with E-state index < -0.39 is 0 Å². The number of carbonyl (C=O) groups is 1. The van der Waals surface area contributed by atoms with Crippen LogP contribution in [-0.4, -0.2) is 29.1 Å². The van der Waals surface area contributed by atoms with E-state index in [0.717, 1.165) is 11.4 Å². The van der Waals surface area contributed by atoms with Crippen molar-refractivity contribution in [2.75, 3.05) is 23.8 Å². The molecule has 2 N–H and O–H groups in total. The first-order valence-corrected chi connectivity index (χ1v) is 9.05. The SMILES string of the molecule is CCOc1ccccc1NC(=O)c1cnc(Nc2ccccc2OCC)cn1. The number of hydrogen-bond donors (Lipinski definition) is 2. The minimum absolute atomic E-state index is 0.204. The fourth-order valence-corrected chi connectivity index (χ4v) is 2.54. The van der Waals surface area contributed by atoms with E-state index in [-0.39, 0.29) is 11.6 Å². The van der Waals surface area contributed by atoms with E-state index in [9.17, 15) is 4.79 Å². The summed E-state index contributed by atoms with van der Waals surface area (Å²) in [5.41, 5.74) is 1.57. The van der Waals surface area contributed by atoms with Gasteiger partial charge >= 0.3 is 0 Å². The molecule has 1 aromatic heterocycles. The number of carbonyl (C=O) groups excluding carboxylic acids is 1. The number of nitrogens with zero attached hydrogens (tertiary/aromatic N) is 2. The molecule has 2 aromatic carbocycles. The summed E-state index contributed by atoms with van der Waals surface area (Å²) in [7, 11) is 0. The van der Waals surface area contributed by atoms with Crippen LogP contribution in [0, 0.1) is 0 Å². The van der Waals surface area contributed by atoms with Crippen molar-refractivity contribution in [3.8, 4) is 11.5 Å². The van der Waals surface area contributed by atoms with Gasteiger partial charge in [-0.15, -0.1) is 0 Å². The molecular weight excluding hydrogens is 356 g/mol. The molecule has 7 heteroatoms. The number of amides is 1. The summed E-state index contributed by atoms with van der Waals surface area (Å²) >= 11 is 0. The lowest BCUT2D eigenvalue weighted by molar-refractivity contribution is 0.102. The van der Waals surface area contributed by atoms with Gasteiger partial charge in [0.25, 0.3) is 5.91 Å². The molecule has 1 amide bonds. The van der Waals surface area contributed by atoms with Gasteiger partial charge in [0.1, 0.15) is 23.0 Å². The Morgan fingerprint density at radius 2 is 1.46 bits per heavy atom. The first-order valence-electron chi connectivity index (χ1n) is 9.05. The maximum absolute atomic E-state index is 12.5. The van der Waals surface area contributed by atoms with Gasteiger partial charge in [-0.1, -0.05) is 24.3 Å². The van der Waals surface area contributed by atoms with Crippen LogP contribution < -0.4 is 20.1 Å². The molecule has 144 valence electrons. The molecule has 7 nitrogen and oxygen atoms in total. The summed E-state index contributed by atoms with van der Waals surface area (Å²) in [4.78, 5) is 20.9. The van der Waals surface area contributed by atoms with E-state index in [1.807, 2.05) is 50.2 Å². The predicted molar refractivity (Wildman–Crippen MR) is 108 cm³/mol. The van der Waals surface area contributed by atoms with Crippen LogP contribution in [0.4, 0.5) is 17.2 Å². The van der Waals surface area contributed by atoms with Gasteiger partial charge in [-0.2, -0.15) is 0 Å². The van der Waals surface area contributed by atoms with Crippen LogP contribution in [0.2, 0.25) is 0 Å². The quantitative estimate of drug-likeness (QED) is 0.609. The van der Waals surface area contributed by atoms with E-state index in [2.05, 4.69) is 20.6 Å². The lowest BCUT2D eigenvalue weighted by Gasteiger charge is -2.12. The van der Waals surface area contributed by atoms with E-state index >= 15 is 0 Å².